The van der Waals surface area contributed by atoms with Crippen LogP contribution in [0.4, 0.5) is 5.69 Å². The Balaban J connectivity index is 1.86. The third kappa shape index (κ3) is 3.68. The lowest BCUT2D eigenvalue weighted by Gasteiger charge is -2.25. The van der Waals surface area contributed by atoms with Crippen LogP contribution in [-0.2, 0) is 4.79 Å². The number of thioether (sulfide) groups is 1. The standard InChI is InChI=1S/C19H17BrN2O3S/c1-26-11-10-16(17(23)21-13-8-6-12(20)7-9-13)22-18(24)14-4-2-3-5-15(14)19(22)25/h2-9,16H,10-11H2,1H3,(H,21,23)/t16-/m0/s1. The number of carbonyl (C=O) groups is 3. The van der Waals surface area contributed by atoms with E-state index >= 15 is 0 Å². The highest BCUT2D eigenvalue weighted by molar-refractivity contribution is 9.10. The lowest BCUT2D eigenvalue weighted by atomic mass is 10.1. The summed E-state index contributed by atoms with van der Waals surface area (Å²) in [6.45, 7) is 0. The molecule has 26 heavy (non-hydrogen) atoms. The van der Waals surface area contributed by atoms with E-state index in [1.54, 1.807) is 48.2 Å². The Morgan fingerprint density at radius 3 is 2.19 bits per heavy atom. The minimum absolute atomic E-state index is 0.350. The SMILES string of the molecule is CSCC[C@@H](C(=O)Nc1ccc(Br)cc1)N1C(=O)c2ccccc2C1=O. The molecule has 3 amide bonds. The lowest BCUT2D eigenvalue weighted by Crippen LogP contribution is -2.47. The molecule has 0 saturated carbocycles. The zero-order chi connectivity index (χ0) is 18.7. The van der Waals surface area contributed by atoms with Crippen LogP contribution in [0.5, 0.6) is 0 Å². The number of carbonyl (C=O) groups excluding carboxylic acids is 3. The van der Waals surface area contributed by atoms with Crippen molar-refractivity contribution < 1.29 is 14.4 Å². The Morgan fingerprint density at radius 2 is 1.65 bits per heavy atom. The van der Waals surface area contributed by atoms with Gasteiger partial charge in [-0.3, -0.25) is 19.3 Å². The smallest absolute Gasteiger partial charge is 0.262 e. The monoisotopic (exact) mass is 432 g/mol. The summed E-state index contributed by atoms with van der Waals surface area (Å²) in [6, 6.07) is 13.0. The maximum absolute atomic E-state index is 12.9. The van der Waals surface area contributed by atoms with Crippen LogP contribution < -0.4 is 5.32 Å². The van der Waals surface area contributed by atoms with Gasteiger partial charge < -0.3 is 5.32 Å². The maximum Gasteiger partial charge on any atom is 0.262 e. The summed E-state index contributed by atoms with van der Waals surface area (Å²) in [7, 11) is 0. The summed E-state index contributed by atoms with van der Waals surface area (Å²) < 4.78 is 0.898. The maximum atomic E-state index is 12.9. The first kappa shape index (κ1) is 18.7. The van der Waals surface area contributed by atoms with Gasteiger partial charge in [0, 0.05) is 10.2 Å². The van der Waals surface area contributed by atoms with Crippen LogP contribution in [0, 0.1) is 0 Å². The molecule has 1 aliphatic heterocycles. The van der Waals surface area contributed by atoms with Gasteiger partial charge in [-0.2, -0.15) is 11.8 Å². The molecule has 1 aliphatic rings. The predicted molar refractivity (Wildman–Crippen MR) is 107 cm³/mol. The molecule has 0 saturated heterocycles. The van der Waals surface area contributed by atoms with Gasteiger partial charge in [-0.1, -0.05) is 28.1 Å². The molecule has 0 fully saturated rings. The Morgan fingerprint density at radius 1 is 1.08 bits per heavy atom. The third-order valence-electron chi connectivity index (χ3n) is 4.15. The van der Waals surface area contributed by atoms with Crippen molar-refractivity contribution in [3.05, 3.63) is 64.1 Å². The number of halogens is 1. The summed E-state index contributed by atoms with van der Waals surface area (Å²) in [5.41, 5.74) is 1.31. The van der Waals surface area contributed by atoms with Gasteiger partial charge in [0.25, 0.3) is 11.8 Å². The van der Waals surface area contributed by atoms with Crippen molar-refractivity contribution in [1.29, 1.82) is 0 Å². The van der Waals surface area contributed by atoms with Gasteiger partial charge >= 0.3 is 0 Å². The molecule has 5 nitrogen and oxygen atoms in total. The van der Waals surface area contributed by atoms with Gasteiger partial charge in [0.05, 0.1) is 11.1 Å². The minimum Gasteiger partial charge on any atom is -0.324 e. The van der Waals surface area contributed by atoms with Crippen molar-refractivity contribution in [2.24, 2.45) is 0 Å². The van der Waals surface area contributed by atoms with E-state index in [4.69, 9.17) is 0 Å². The molecule has 1 heterocycles. The fourth-order valence-corrected chi connectivity index (χ4v) is 3.58. The van der Waals surface area contributed by atoms with Gasteiger partial charge in [0.15, 0.2) is 0 Å². The van der Waals surface area contributed by atoms with Crippen molar-refractivity contribution in [2.75, 3.05) is 17.3 Å². The van der Waals surface area contributed by atoms with Crippen LogP contribution >= 0.6 is 27.7 Å². The summed E-state index contributed by atoms with van der Waals surface area (Å²) in [6.07, 6.45) is 2.32. The quantitative estimate of drug-likeness (QED) is 0.704. The van der Waals surface area contributed by atoms with E-state index in [0.717, 1.165) is 9.37 Å². The average Bonchev–Trinajstić information content (AvgIpc) is 2.89. The van der Waals surface area contributed by atoms with Crippen LogP contribution in [0.1, 0.15) is 27.1 Å². The van der Waals surface area contributed by atoms with Crippen LogP contribution in [0.3, 0.4) is 0 Å². The number of imide groups is 1. The van der Waals surface area contributed by atoms with E-state index < -0.39 is 17.9 Å². The van der Waals surface area contributed by atoms with Gasteiger partial charge in [-0.15, -0.1) is 0 Å². The Bertz CT molecular complexity index is 819. The molecule has 0 aromatic heterocycles. The van der Waals surface area contributed by atoms with Gasteiger partial charge in [-0.05, 0) is 54.8 Å². The summed E-state index contributed by atoms with van der Waals surface area (Å²) in [5.74, 6) is -0.535. The first-order chi connectivity index (χ1) is 12.5. The topological polar surface area (TPSA) is 66.5 Å². The molecule has 0 spiro atoms. The van der Waals surface area contributed by atoms with Crippen molar-refractivity contribution in [3.63, 3.8) is 0 Å². The van der Waals surface area contributed by atoms with E-state index in [9.17, 15) is 14.4 Å². The van der Waals surface area contributed by atoms with Crippen molar-refractivity contribution in [3.8, 4) is 0 Å². The number of amides is 3. The normalized spacial score (nSPS) is 14.3. The molecule has 1 atom stereocenters. The Hall–Kier alpha value is -2.12. The van der Waals surface area contributed by atoms with Gasteiger partial charge in [0.1, 0.15) is 6.04 Å². The molecule has 2 aromatic carbocycles. The second kappa shape index (κ2) is 8.05. The highest BCUT2D eigenvalue weighted by atomic mass is 79.9. The Labute approximate surface area is 164 Å². The lowest BCUT2D eigenvalue weighted by molar-refractivity contribution is -0.120. The fraction of sp³-hybridized carbons (Fsp3) is 0.211. The van der Waals surface area contributed by atoms with Crippen LogP contribution in [-0.4, -0.2) is 40.7 Å². The molecule has 1 N–H and O–H groups in total. The predicted octanol–water partition coefficient (Wildman–Crippen LogP) is 3.81. The largest absolute Gasteiger partial charge is 0.324 e. The molecule has 0 aliphatic carbocycles. The van der Waals surface area contributed by atoms with E-state index in [-0.39, 0.29) is 5.91 Å². The van der Waals surface area contributed by atoms with E-state index in [1.165, 1.54) is 0 Å². The summed E-state index contributed by atoms with van der Waals surface area (Å²) in [5, 5.41) is 2.81. The van der Waals surface area contributed by atoms with Crippen molar-refractivity contribution in [1.82, 2.24) is 4.90 Å². The zero-order valence-electron chi connectivity index (χ0n) is 14.1. The number of anilines is 1. The molecule has 0 radical (unpaired) electrons. The molecule has 3 rings (SSSR count). The van der Waals surface area contributed by atoms with Crippen LogP contribution in [0.15, 0.2) is 53.0 Å². The molecular formula is C19H17BrN2O3S. The van der Waals surface area contributed by atoms with Gasteiger partial charge in [-0.25, -0.2) is 0 Å². The Kier molecular flexibility index (Phi) is 5.78. The third-order valence-corrected chi connectivity index (χ3v) is 5.32. The fourth-order valence-electron chi connectivity index (χ4n) is 2.86. The van der Waals surface area contributed by atoms with Crippen molar-refractivity contribution in [2.45, 2.75) is 12.5 Å². The molecule has 0 unspecified atom stereocenters. The molecule has 7 heteroatoms. The first-order valence-corrected chi connectivity index (χ1v) is 10.2. The number of nitrogens with one attached hydrogen (secondary N) is 1. The first-order valence-electron chi connectivity index (χ1n) is 8.05. The van der Waals surface area contributed by atoms with Crippen molar-refractivity contribution >= 4 is 51.1 Å². The number of hydrogen-bond acceptors (Lipinski definition) is 4. The average molecular weight is 433 g/mol. The number of hydrogen-bond donors (Lipinski definition) is 1. The van der Waals surface area contributed by atoms with Gasteiger partial charge in [0.2, 0.25) is 5.91 Å². The molecule has 2 aromatic rings. The molecule has 0 bridgehead atoms. The van der Waals surface area contributed by atoms with E-state index in [2.05, 4.69) is 21.2 Å². The summed E-state index contributed by atoms with van der Waals surface area (Å²) in [4.78, 5) is 39.4. The highest BCUT2D eigenvalue weighted by Crippen LogP contribution is 2.27. The number of rotatable bonds is 6. The zero-order valence-corrected chi connectivity index (χ0v) is 16.5. The van der Waals surface area contributed by atoms with Crippen LogP contribution in [0.25, 0.3) is 0 Å². The van der Waals surface area contributed by atoms with E-state index in [0.29, 0.717) is 29.0 Å². The molecule has 134 valence electrons. The second-order valence-corrected chi connectivity index (χ2v) is 7.72. The number of benzene rings is 2. The summed E-state index contributed by atoms with van der Waals surface area (Å²) >= 11 is 4.91. The van der Waals surface area contributed by atoms with Crippen LogP contribution in [0.2, 0.25) is 0 Å². The minimum atomic E-state index is -0.849. The second-order valence-electron chi connectivity index (χ2n) is 5.82. The van der Waals surface area contributed by atoms with E-state index in [1.807, 2.05) is 18.4 Å². The number of nitrogens with zero attached hydrogens (tertiary/aromatic N) is 1. The molecular weight excluding hydrogens is 416 g/mol. The highest BCUT2D eigenvalue weighted by Gasteiger charge is 2.42. The number of fused-ring (bicyclic) bond motifs is 1.